The van der Waals surface area contributed by atoms with Crippen LogP contribution in [0.15, 0.2) is 72.0 Å². The Kier molecular flexibility index (Phi) is 4.50. The summed E-state index contributed by atoms with van der Waals surface area (Å²) >= 11 is 1.38. The third kappa shape index (κ3) is 3.23. The minimum absolute atomic E-state index is 0.0724. The predicted molar refractivity (Wildman–Crippen MR) is 103 cm³/mol. The standard InChI is InChI=1S/C20H16N4OS/c1-24-19(17-8-4-5-11-21-17)22-23-20(24)26-13-18(25)16-10-9-14-6-2-3-7-15(14)12-16/h2-12H,13H2,1H3. The van der Waals surface area contributed by atoms with Gasteiger partial charge in [0.1, 0.15) is 5.69 Å². The Morgan fingerprint density at radius 3 is 2.62 bits per heavy atom. The number of Topliss-reactive ketones (excluding diaryl/α,β-unsaturated/α-hetero) is 1. The van der Waals surface area contributed by atoms with Crippen LogP contribution in [0.25, 0.3) is 22.3 Å². The molecule has 4 aromatic rings. The lowest BCUT2D eigenvalue weighted by atomic mass is 10.1. The van der Waals surface area contributed by atoms with E-state index in [9.17, 15) is 4.79 Å². The minimum Gasteiger partial charge on any atom is -0.304 e. The van der Waals surface area contributed by atoms with Crippen molar-refractivity contribution in [3.05, 3.63) is 72.4 Å². The number of carbonyl (C=O) groups is 1. The van der Waals surface area contributed by atoms with E-state index in [2.05, 4.69) is 15.2 Å². The Bertz CT molecular complexity index is 1080. The molecule has 5 nitrogen and oxygen atoms in total. The van der Waals surface area contributed by atoms with E-state index in [0.717, 1.165) is 16.5 Å². The van der Waals surface area contributed by atoms with E-state index in [4.69, 9.17) is 0 Å². The fourth-order valence-electron chi connectivity index (χ4n) is 2.73. The first kappa shape index (κ1) is 16.5. The average Bonchev–Trinajstić information content (AvgIpc) is 3.07. The van der Waals surface area contributed by atoms with Crippen LogP contribution < -0.4 is 0 Å². The first-order valence-corrected chi connectivity index (χ1v) is 9.16. The molecule has 2 aromatic carbocycles. The van der Waals surface area contributed by atoms with E-state index in [1.165, 1.54) is 11.8 Å². The van der Waals surface area contributed by atoms with Gasteiger partial charge in [0.2, 0.25) is 0 Å². The van der Waals surface area contributed by atoms with Gasteiger partial charge < -0.3 is 4.57 Å². The van der Waals surface area contributed by atoms with Gasteiger partial charge in [0.15, 0.2) is 16.8 Å². The molecule has 0 N–H and O–H groups in total. The maximum atomic E-state index is 12.6. The molecule has 2 heterocycles. The van der Waals surface area contributed by atoms with Crippen LogP contribution in [-0.4, -0.2) is 31.3 Å². The zero-order chi connectivity index (χ0) is 17.9. The molecule has 0 aliphatic carbocycles. The predicted octanol–water partition coefficient (Wildman–Crippen LogP) is 4.01. The zero-order valence-electron chi connectivity index (χ0n) is 14.2. The Morgan fingerprint density at radius 2 is 1.81 bits per heavy atom. The van der Waals surface area contributed by atoms with E-state index in [0.29, 0.717) is 22.3 Å². The number of pyridine rings is 1. The van der Waals surface area contributed by atoms with E-state index < -0.39 is 0 Å². The van der Waals surface area contributed by atoms with Gasteiger partial charge in [0.05, 0.1) is 5.75 Å². The number of rotatable bonds is 5. The number of thioether (sulfide) groups is 1. The van der Waals surface area contributed by atoms with E-state index in [1.807, 2.05) is 72.3 Å². The van der Waals surface area contributed by atoms with Gasteiger partial charge in [-0.15, -0.1) is 10.2 Å². The third-order valence-corrected chi connectivity index (χ3v) is 5.15. The largest absolute Gasteiger partial charge is 0.304 e. The van der Waals surface area contributed by atoms with Crippen molar-refractivity contribution < 1.29 is 4.79 Å². The normalized spacial score (nSPS) is 11.0. The van der Waals surface area contributed by atoms with Crippen LogP contribution in [0.4, 0.5) is 0 Å². The van der Waals surface area contributed by atoms with Gasteiger partial charge in [-0.3, -0.25) is 9.78 Å². The first-order chi connectivity index (χ1) is 12.7. The lowest BCUT2D eigenvalue weighted by Crippen LogP contribution is -2.04. The molecule has 128 valence electrons. The maximum Gasteiger partial charge on any atom is 0.191 e. The Morgan fingerprint density at radius 1 is 1.00 bits per heavy atom. The molecule has 0 saturated carbocycles. The van der Waals surface area contributed by atoms with E-state index >= 15 is 0 Å². The van der Waals surface area contributed by atoms with Crippen molar-refractivity contribution >= 4 is 28.3 Å². The Labute approximate surface area is 155 Å². The number of aromatic nitrogens is 4. The highest BCUT2D eigenvalue weighted by Gasteiger charge is 2.14. The second kappa shape index (κ2) is 7.09. The summed E-state index contributed by atoms with van der Waals surface area (Å²) in [6.07, 6.45) is 1.72. The fraction of sp³-hybridized carbons (Fsp3) is 0.100. The smallest absolute Gasteiger partial charge is 0.191 e. The maximum absolute atomic E-state index is 12.6. The summed E-state index contributed by atoms with van der Waals surface area (Å²) in [5.41, 5.74) is 1.47. The van der Waals surface area contributed by atoms with Gasteiger partial charge >= 0.3 is 0 Å². The van der Waals surface area contributed by atoms with Gasteiger partial charge in [-0.2, -0.15) is 0 Å². The SMILES string of the molecule is Cn1c(SCC(=O)c2ccc3ccccc3c2)nnc1-c1ccccn1. The Balaban J connectivity index is 1.50. The van der Waals surface area contributed by atoms with Crippen molar-refractivity contribution in [2.45, 2.75) is 5.16 Å². The second-order valence-corrected chi connectivity index (χ2v) is 6.80. The molecule has 0 bridgehead atoms. The van der Waals surface area contributed by atoms with Crippen molar-refractivity contribution in [1.29, 1.82) is 0 Å². The molecule has 0 amide bonds. The van der Waals surface area contributed by atoms with Crippen LogP contribution in [0.5, 0.6) is 0 Å². The molecule has 0 aliphatic heterocycles. The van der Waals surface area contributed by atoms with Crippen molar-refractivity contribution in [3.63, 3.8) is 0 Å². The van der Waals surface area contributed by atoms with Crippen LogP contribution >= 0.6 is 11.8 Å². The third-order valence-electron chi connectivity index (χ3n) is 4.13. The van der Waals surface area contributed by atoms with Crippen molar-refractivity contribution in [2.75, 3.05) is 5.75 Å². The van der Waals surface area contributed by atoms with Gasteiger partial charge in [0, 0.05) is 18.8 Å². The second-order valence-electron chi connectivity index (χ2n) is 5.85. The molecule has 0 atom stereocenters. The number of hydrogen-bond acceptors (Lipinski definition) is 5. The van der Waals surface area contributed by atoms with Crippen LogP contribution in [0.2, 0.25) is 0 Å². The number of hydrogen-bond donors (Lipinski definition) is 0. The van der Waals surface area contributed by atoms with Gasteiger partial charge in [-0.1, -0.05) is 54.2 Å². The molecule has 0 unspecified atom stereocenters. The average molecular weight is 360 g/mol. The van der Waals surface area contributed by atoms with Crippen LogP contribution in [0, 0.1) is 0 Å². The summed E-state index contributed by atoms with van der Waals surface area (Å²) < 4.78 is 1.86. The molecular formula is C20H16N4OS. The molecule has 0 radical (unpaired) electrons. The molecule has 0 fully saturated rings. The summed E-state index contributed by atoms with van der Waals surface area (Å²) in [7, 11) is 1.88. The van der Waals surface area contributed by atoms with Crippen molar-refractivity contribution in [2.24, 2.45) is 7.05 Å². The number of ketones is 1. The van der Waals surface area contributed by atoms with E-state index in [-0.39, 0.29) is 5.78 Å². The lowest BCUT2D eigenvalue weighted by Gasteiger charge is -2.04. The first-order valence-electron chi connectivity index (χ1n) is 8.18. The summed E-state index contributed by atoms with van der Waals surface area (Å²) in [5, 5.41) is 11.3. The molecular weight excluding hydrogens is 344 g/mol. The van der Waals surface area contributed by atoms with Gasteiger partial charge in [-0.25, -0.2) is 0 Å². The topological polar surface area (TPSA) is 60.7 Å². The van der Waals surface area contributed by atoms with E-state index in [1.54, 1.807) is 6.20 Å². The molecule has 2 aromatic heterocycles. The monoisotopic (exact) mass is 360 g/mol. The molecule has 0 saturated heterocycles. The van der Waals surface area contributed by atoms with Gasteiger partial charge in [-0.05, 0) is 29.0 Å². The molecule has 26 heavy (non-hydrogen) atoms. The summed E-state index contributed by atoms with van der Waals surface area (Å²) in [6, 6.07) is 19.5. The summed E-state index contributed by atoms with van der Waals surface area (Å²) in [6.45, 7) is 0. The number of carbonyl (C=O) groups excluding carboxylic acids is 1. The van der Waals surface area contributed by atoms with Crippen molar-refractivity contribution in [3.8, 4) is 11.5 Å². The van der Waals surface area contributed by atoms with Crippen LogP contribution in [0.3, 0.4) is 0 Å². The molecule has 0 aliphatic rings. The van der Waals surface area contributed by atoms with Crippen LogP contribution in [-0.2, 0) is 7.05 Å². The van der Waals surface area contributed by atoms with Crippen LogP contribution in [0.1, 0.15) is 10.4 Å². The molecule has 4 rings (SSSR count). The van der Waals surface area contributed by atoms with Crippen molar-refractivity contribution in [1.82, 2.24) is 19.7 Å². The number of nitrogens with zero attached hydrogens (tertiary/aromatic N) is 4. The summed E-state index contributed by atoms with van der Waals surface area (Å²) in [5.74, 6) is 1.07. The molecule has 0 spiro atoms. The molecule has 6 heteroatoms. The number of fused-ring (bicyclic) bond motifs is 1. The summed E-state index contributed by atoms with van der Waals surface area (Å²) in [4.78, 5) is 16.9. The lowest BCUT2D eigenvalue weighted by molar-refractivity contribution is 0.102. The quantitative estimate of drug-likeness (QED) is 0.398. The highest BCUT2D eigenvalue weighted by atomic mass is 32.2. The fourth-order valence-corrected chi connectivity index (χ4v) is 3.54. The Hall–Kier alpha value is -2.99. The number of benzene rings is 2. The van der Waals surface area contributed by atoms with Gasteiger partial charge in [0.25, 0.3) is 0 Å². The highest BCUT2D eigenvalue weighted by molar-refractivity contribution is 7.99. The highest BCUT2D eigenvalue weighted by Crippen LogP contribution is 2.23. The zero-order valence-corrected chi connectivity index (χ0v) is 15.0. The minimum atomic E-state index is 0.0724.